The molecule has 0 aliphatic heterocycles. The molecule has 3 aromatic carbocycles. The van der Waals surface area contributed by atoms with Crippen LogP contribution in [0.4, 0.5) is 10.5 Å². The molecule has 4 aromatic rings. The summed E-state index contributed by atoms with van der Waals surface area (Å²) < 4.78 is 12.5. The lowest BCUT2D eigenvalue weighted by molar-refractivity contribution is 0.0937. The lowest BCUT2D eigenvalue weighted by atomic mass is 9.92. The van der Waals surface area contributed by atoms with Crippen molar-refractivity contribution in [2.45, 2.75) is 47.8 Å². The van der Waals surface area contributed by atoms with Gasteiger partial charge in [0.05, 0.1) is 23.0 Å². The minimum Gasteiger partial charge on any atom is -0.506 e. The predicted molar refractivity (Wildman–Crippen MR) is 209 cm³/mol. The van der Waals surface area contributed by atoms with Crippen molar-refractivity contribution in [3.05, 3.63) is 127 Å². The molecular weight excluding hydrogens is 719 g/mol. The number of pyridine rings is 1. The number of hydrogen-bond acceptors (Lipinski definition) is 8. The summed E-state index contributed by atoms with van der Waals surface area (Å²) in [6.07, 6.45) is 1.56. The Balaban J connectivity index is 1.50. The summed E-state index contributed by atoms with van der Waals surface area (Å²) in [7, 11) is 1.55. The largest absolute Gasteiger partial charge is 0.506 e. The van der Waals surface area contributed by atoms with Crippen molar-refractivity contribution in [3.8, 4) is 17.2 Å². The van der Waals surface area contributed by atoms with Crippen molar-refractivity contribution in [1.82, 2.24) is 20.5 Å². The van der Waals surface area contributed by atoms with Crippen LogP contribution in [0, 0.1) is 19.3 Å². The summed E-state index contributed by atoms with van der Waals surface area (Å²) in [6.45, 7) is 10.3. The summed E-state index contributed by atoms with van der Waals surface area (Å²) >= 11 is 12.5. The lowest BCUT2D eigenvalue weighted by Crippen LogP contribution is -2.39. The molecule has 53 heavy (non-hydrogen) atoms. The second-order valence-electron chi connectivity index (χ2n) is 13.2. The van der Waals surface area contributed by atoms with E-state index in [1.165, 1.54) is 16.7 Å². The van der Waals surface area contributed by atoms with Crippen LogP contribution >= 0.6 is 23.2 Å². The molecule has 4 rings (SSSR count). The van der Waals surface area contributed by atoms with Gasteiger partial charge in [0.15, 0.2) is 0 Å². The number of aromatic hydroxyl groups is 1. The van der Waals surface area contributed by atoms with Gasteiger partial charge < -0.3 is 30.9 Å². The number of allylic oxidation sites excluding steroid dienone is 1. The normalized spacial score (nSPS) is 12.0. The van der Waals surface area contributed by atoms with E-state index >= 15 is 0 Å². The number of methoxy groups -OCH3 is 1. The number of amides is 3. The number of amidine groups is 1. The maximum atomic E-state index is 13.6. The highest BCUT2D eigenvalue weighted by atomic mass is 35.5. The minimum absolute atomic E-state index is 0.0515. The lowest BCUT2D eigenvalue weighted by Gasteiger charge is -2.19. The van der Waals surface area contributed by atoms with Gasteiger partial charge in [-0.25, -0.2) is 9.79 Å². The predicted octanol–water partition coefficient (Wildman–Crippen LogP) is 6.84. The molecule has 0 aliphatic carbocycles. The number of rotatable bonds is 12. The van der Waals surface area contributed by atoms with Crippen LogP contribution in [0.15, 0.2) is 88.3 Å². The highest BCUT2D eigenvalue weighted by molar-refractivity contribution is 6.32. The molecule has 280 valence electrons. The smallest absolute Gasteiger partial charge is 0.320 e. The molecule has 0 saturated heterocycles. The molecule has 12 nitrogen and oxygen atoms in total. The van der Waals surface area contributed by atoms with Gasteiger partial charge in [-0.2, -0.15) is 0 Å². The first kappa shape index (κ1) is 40.5. The number of hydrogen-bond donors (Lipinski definition) is 5. The van der Waals surface area contributed by atoms with Crippen LogP contribution in [-0.4, -0.2) is 47.7 Å². The standard InChI is InChI=1S/C39H44Cl2N6O6/c1-23-11-12-25(36(49)43-15-16-52-6)18-30(23)47-24(2)17-32(35(41)37(47)50)53-22-27-10-8-7-9-26(27)21-44-38(51)46-34(20-33(42)39(3,4)5)45-28-13-14-29(40)31(48)19-28/h7-14,17-20,48H,15-16,21-22,42H2,1-6H3,(H,43,49)(H2,44,45,46,51). The molecule has 0 unspecified atom stereocenters. The topological polar surface area (TPSA) is 169 Å². The summed E-state index contributed by atoms with van der Waals surface area (Å²) in [6, 6.07) is 18.0. The first-order valence-electron chi connectivity index (χ1n) is 16.7. The molecule has 0 radical (unpaired) electrons. The van der Waals surface area contributed by atoms with Crippen LogP contribution in [0.25, 0.3) is 5.69 Å². The van der Waals surface area contributed by atoms with Gasteiger partial charge in [-0.05, 0) is 54.8 Å². The Morgan fingerprint density at radius 1 is 1.00 bits per heavy atom. The molecule has 0 bridgehead atoms. The first-order valence-corrected chi connectivity index (χ1v) is 17.4. The number of nitrogens with one attached hydrogen (secondary N) is 3. The van der Waals surface area contributed by atoms with Crippen molar-refractivity contribution in [2.24, 2.45) is 16.1 Å². The Morgan fingerprint density at radius 3 is 2.40 bits per heavy atom. The van der Waals surface area contributed by atoms with E-state index in [-0.39, 0.29) is 46.4 Å². The third-order valence-electron chi connectivity index (χ3n) is 8.12. The van der Waals surface area contributed by atoms with E-state index in [9.17, 15) is 19.5 Å². The molecule has 1 heterocycles. The fourth-order valence-electron chi connectivity index (χ4n) is 4.98. The number of nitrogens with two attached hydrogens (primary N) is 1. The number of aliphatic imine (C=N–C) groups is 1. The molecule has 0 atom stereocenters. The minimum atomic E-state index is -0.551. The molecule has 0 saturated carbocycles. The number of ether oxygens (including phenoxy) is 2. The van der Waals surface area contributed by atoms with Gasteiger partial charge in [0, 0.05) is 60.8 Å². The number of carbonyl (C=O) groups excluding carboxylic acids is 2. The maximum absolute atomic E-state index is 13.6. The van der Waals surface area contributed by atoms with Crippen molar-refractivity contribution in [3.63, 3.8) is 0 Å². The van der Waals surface area contributed by atoms with Crippen molar-refractivity contribution >= 4 is 46.7 Å². The van der Waals surface area contributed by atoms with E-state index < -0.39 is 17.0 Å². The first-order chi connectivity index (χ1) is 25.1. The second-order valence-corrected chi connectivity index (χ2v) is 14.0. The molecular formula is C39H44Cl2N6O6. The van der Waals surface area contributed by atoms with Gasteiger partial charge in [0.2, 0.25) is 0 Å². The monoisotopic (exact) mass is 762 g/mol. The molecule has 0 aliphatic rings. The quantitative estimate of drug-likeness (QED) is 0.0598. The molecule has 6 N–H and O–H groups in total. The van der Waals surface area contributed by atoms with Crippen LogP contribution in [0.2, 0.25) is 10.0 Å². The number of benzene rings is 3. The van der Waals surface area contributed by atoms with E-state index in [0.29, 0.717) is 41.5 Å². The molecule has 1 aromatic heterocycles. The average Bonchev–Trinajstić information content (AvgIpc) is 3.10. The van der Waals surface area contributed by atoms with Crippen LogP contribution < -0.4 is 32.0 Å². The zero-order chi connectivity index (χ0) is 38.9. The van der Waals surface area contributed by atoms with E-state index in [2.05, 4.69) is 20.9 Å². The van der Waals surface area contributed by atoms with Gasteiger partial charge in [0.25, 0.3) is 11.5 Å². The third kappa shape index (κ3) is 10.9. The average molecular weight is 764 g/mol. The van der Waals surface area contributed by atoms with Gasteiger partial charge in [-0.15, -0.1) is 0 Å². The Hall–Kier alpha value is -5.30. The van der Waals surface area contributed by atoms with E-state index in [1.807, 2.05) is 52.0 Å². The van der Waals surface area contributed by atoms with E-state index in [4.69, 9.17) is 38.4 Å². The zero-order valence-corrected chi connectivity index (χ0v) is 32.0. The van der Waals surface area contributed by atoms with Gasteiger partial charge in [-0.3, -0.25) is 19.5 Å². The Labute approximate surface area is 318 Å². The highest BCUT2D eigenvalue weighted by Gasteiger charge is 2.19. The Bertz CT molecular complexity index is 2110. The summed E-state index contributed by atoms with van der Waals surface area (Å²) in [5.41, 5.74) is 9.95. The highest BCUT2D eigenvalue weighted by Crippen LogP contribution is 2.29. The number of urea groups is 1. The summed E-state index contributed by atoms with van der Waals surface area (Å²) in [4.78, 5) is 43.9. The van der Waals surface area contributed by atoms with Crippen molar-refractivity contribution in [1.29, 1.82) is 0 Å². The number of phenols is 1. The molecule has 0 spiro atoms. The number of carbonyl (C=O) groups is 2. The van der Waals surface area contributed by atoms with Crippen LogP contribution in [0.1, 0.15) is 53.5 Å². The number of halogens is 2. The molecule has 0 fully saturated rings. The number of phenolic OH excluding ortho intramolecular Hbond substituents is 1. The zero-order valence-electron chi connectivity index (χ0n) is 30.5. The number of aromatic nitrogens is 1. The maximum Gasteiger partial charge on any atom is 0.320 e. The van der Waals surface area contributed by atoms with Gasteiger partial charge >= 0.3 is 6.03 Å². The molecule has 14 heteroatoms. The Morgan fingerprint density at radius 2 is 1.72 bits per heavy atom. The fourth-order valence-corrected chi connectivity index (χ4v) is 5.29. The van der Waals surface area contributed by atoms with Gasteiger partial charge in [-0.1, -0.05) is 74.3 Å². The van der Waals surface area contributed by atoms with E-state index in [0.717, 1.165) is 16.7 Å². The van der Waals surface area contributed by atoms with E-state index in [1.54, 1.807) is 50.4 Å². The SMILES string of the molecule is COCCNC(=O)c1ccc(C)c(-n2c(C)cc(OCc3ccccc3CNC(=O)NC(C=C(N)C(C)(C)C)=Nc3ccc(Cl)c(O)c3)c(Cl)c2=O)c1. The second kappa shape index (κ2) is 18.0. The van der Waals surface area contributed by atoms with Crippen molar-refractivity contribution in [2.75, 3.05) is 20.3 Å². The summed E-state index contributed by atoms with van der Waals surface area (Å²) in [5.74, 6) is -0.101. The van der Waals surface area contributed by atoms with Crippen LogP contribution in [0.5, 0.6) is 11.5 Å². The summed E-state index contributed by atoms with van der Waals surface area (Å²) in [5, 5.41) is 18.4. The number of nitrogens with zero attached hydrogens (tertiary/aromatic N) is 2. The van der Waals surface area contributed by atoms with Crippen LogP contribution in [0.3, 0.4) is 0 Å². The third-order valence-corrected chi connectivity index (χ3v) is 8.79. The van der Waals surface area contributed by atoms with Gasteiger partial charge in [0.1, 0.15) is 29.0 Å². The fraction of sp³-hybridized carbons (Fsp3) is 0.282. The van der Waals surface area contributed by atoms with Crippen molar-refractivity contribution < 1.29 is 24.2 Å². The number of aryl methyl sites for hydroxylation is 2. The Kier molecular flexibility index (Phi) is 13.7. The van der Waals surface area contributed by atoms with Crippen LogP contribution in [-0.2, 0) is 17.9 Å². The molecule has 3 amide bonds.